The number of amides is 4. The number of benzene rings is 1. The van der Waals surface area contributed by atoms with Gasteiger partial charge in [0.2, 0.25) is 0 Å². The molecule has 7 nitrogen and oxygen atoms in total. The Balaban J connectivity index is 3.15. The number of carbonyl (C=O) groups is 2. The Morgan fingerprint density at radius 1 is 1.14 bits per heavy atom. The Hall–Kier alpha value is -2.44. The number of nitrogens with zero attached hydrogens (tertiary/aromatic N) is 2. The smallest absolute Gasteiger partial charge is 0.319 e. The number of hydrogen-bond donors (Lipinski definition) is 3. The summed E-state index contributed by atoms with van der Waals surface area (Å²) in [4.78, 5) is 28.6. The first-order valence-electron chi connectivity index (χ1n) is 9.92. The van der Waals surface area contributed by atoms with Crippen LogP contribution in [0.2, 0.25) is 0 Å². The molecule has 0 aliphatic carbocycles. The fourth-order valence-electron chi connectivity index (χ4n) is 2.81. The van der Waals surface area contributed by atoms with Crippen molar-refractivity contribution in [1.29, 1.82) is 0 Å². The van der Waals surface area contributed by atoms with Gasteiger partial charge in [-0.25, -0.2) is 9.59 Å². The summed E-state index contributed by atoms with van der Waals surface area (Å²) >= 11 is 0. The number of carbonyl (C=O) groups excluding carboxylic acids is 2. The predicted molar refractivity (Wildman–Crippen MR) is 117 cm³/mol. The van der Waals surface area contributed by atoms with Crippen LogP contribution in [0.15, 0.2) is 18.2 Å². The lowest BCUT2D eigenvalue weighted by molar-refractivity contribution is 0.174. The van der Waals surface area contributed by atoms with E-state index in [1.807, 2.05) is 76.7 Å². The second kappa shape index (κ2) is 10.2. The van der Waals surface area contributed by atoms with Crippen molar-refractivity contribution in [2.75, 3.05) is 30.9 Å². The minimum absolute atomic E-state index is 0.0783. The molecule has 0 heterocycles. The molecule has 0 saturated carbocycles. The Kier molecular flexibility index (Phi) is 8.60. The van der Waals surface area contributed by atoms with Gasteiger partial charge in [0.05, 0.1) is 0 Å². The molecule has 1 rings (SSSR count). The topological polar surface area (TPSA) is 76.7 Å². The van der Waals surface area contributed by atoms with Crippen LogP contribution in [0.25, 0.3) is 0 Å². The Labute approximate surface area is 169 Å². The van der Waals surface area contributed by atoms with Gasteiger partial charge in [0.25, 0.3) is 0 Å². The number of rotatable bonds is 7. The molecule has 1 aromatic carbocycles. The molecule has 0 spiro atoms. The molecular weight excluding hydrogens is 354 g/mol. The second-order valence-electron chi connectivity index (χ2n) is 8.29. The molecule has 3 N–H and O–H groups in total. The molecule has 0 saturated heterocycles. The maximum atomic E-state index is 12.6. The van der Waals surface area contributed by atoms with Crippen LogP contribution >= 0.6 is 0 Å². The van der Waals surface area contributed by atoms with Crippen LogP contribution in [0, 0.1) is 0 Å². The van der Waals surface area contributed by atoms with Crippen molar-refractivity contribution >= 4 is 23.4 Å². The minimum Gasteiger partial charge on any atom is -0.377 e. The molecule has 0 aliphatic heterocycles. The van der Waals surface area contributed by atoms with Gasteiger partial charge in [-0.3, -0.25) is 0 Å². The van der Waals surface area contributed by atoms with E-state index in [9.17, 15) is 9.59 Å². The molecule has 1 aromatic rings. The van der Waals surface area contributed by atoms with Crippen LogP contribution in [0.3, 0.4) is 0 Å². The van der Waals surface area contributed by atoms with Crippen LogP contribution in [0.4, 0.5) is 21.0 Å². The molecule has 28 heavy (non-hydrogen) atoms. The van der Waals surface area contributed by atoms with E-state index in [1.165, 1.54) is 0 Å². The van der Waals surface area contributed by atoms with E-state index in [2.05, 4.69) is 22.9 Å². The SMILES string of the molecule is CCNC(=O)N(Cc1cc(NC(=O)NC(C)(C)C)ccc1N(C)C)C(C)CC. The van der Waals surface area contributed by atoms with Gasteiger partial charge in [0.15, 0.2) is 0 Å². The summed E-state index contributed by atoms with van der Waals surface area (Å²) in [5.41, 5.74) is 2.37. The van der Waals surface area contributed by atoms with E-state index in [0.29, 0.717) is 18.8 Å². The highest BCUT2D eigenvalue weighted by Crippen LogP contribution is 2.25. The highest BCUT2D eigenvalue weighted by molar-refractivity contribution is 5.90. The number of anilines is 2. The Morgan fingerprint density at radius 2 is 1.79 bits per heavy atom. The molecule has 0 bridgehead atoms. The van der Waals surface area contributed by atoms with Crippen LogP contribution in [0.5, 0.6) is 0 Å². The average molecular weight is 392 g/mol. The molecule has 0 radical (unpaired) electrons. The zero-order valence-electron chi connectivity index (χ0n) is 18.6. The molecule has 7 heteroatoms. The Morgan fingerprint density at radius 3 is 2.29 bits per heavy atom. The molecule has 1 atom stereocenters. The molecular formula is C21H37N5O2. The van der Waals surface area contributed by atoms with Crippen LogP contribution in [0.1, 0.15) is 53.5 Å². The summed E-state index contributed by atoms with van der Waals surface area (Å²) in [6.45, 7) is 12.9. The molecule has 158 valence electrons. The van der Waals surface area contributed by atoms with Crippen molar-refractivity contribution in [3.05, 3.63) is 23.8 Å². The van der Waals surface area contributed by atoms with Crippen LogP contribution < -0.4 is 20.9 Å². The van der Waals surface area contributed by atoms with E-state index in [1.54, 1.807) is 0 Å². The summed E-state index contributed by atoms with van der Waals surface area (Å²) in [6, 6.07) is 5.55. The first kappa shape index (κ1) is 23.6. The predicted octanol–water partition coefficient (Wildman–Crippen LogP) is 4.00. The van der Waals surface area contributed by atoms with Gasteiger partial charge < -0.3 is 25.8 Å². The normalized spacial score (nSPS) is 12.1. The average Bonchev–Trinajstić information content (AvgIpc) is 2.57. The number of hydrogen-bond acceptors (Lipinski definition) is 3. The molecule has 0 aromatic heterocycles. The van der Waals surface area contributed by atoms with Gasteiger partial charge in [-0.2, -0.15) is 0 Å². The highest BCUT2D eigenvalue weighted by Gasteiger charge is 2.21. The van der Waals surface area contributed by atoms with Gasteiger partial charge in [0, 0.05) is 50.1 Å². The quantitative estimate of drug-likeness (QED) is 0.657. The second-order valence-corrected chi connectivity index (χ2v) is 8.29. The van der Waals surface area contributed by atoms with Gasteiger partial charge >= 0.3 is 12.1 Å². The third-order valence-electron chi connectivity index (χ3n) is 4.36. The fraction of sp³-hybridized carbons (Fsp3) is 0.619. The molecule has 0 aliphatic rings. The minimum atomic E-state index is -0.317. The van der Waals surface area contributed by atoms with Gasteiger partial charge in [-0.15, -0.1) is 0 Å². The zero-order chi connectivity index (χ0) is 21.5. The van der Waals surface area contributed by atoms with Crippen molar-refractivity contribution in [1.82, 2.24) is 15.5 Å². The van der Waals surface area contributed by atoms with E-state index in [4.69, 9.17) is 0 Å². The van der Waals surface area contributed by atoms with E-state index < -0.39 is 0 Å². The van der Waals surface area contributed by atoms with Crippen molar-refractivity contribution in [2.45, 2.75) is 66.1 Å². The lowest BCUT2D eigenvalue weighted by Gasteiger charge is -2.30. The van der Waals surface area contributed by atoms with Gasteiger partial charge in [-0.1, -0.05) is 6.92 Å². The van der Waals surface area contributed by atoms with Crippen molar-refractivity contribution in [2.24, 2.45) is 0 Å². The van der Waals surface area contributed by atoms with Crippen molar-refractivity contribution in [3.63, 3.8) is 0 Å². The third kappa shape index (κ3) is 7.29. The largest absolute Gasteiger partial charge is 0.377 e. The summed E-state index contributed by atoms with van der Waals surface area (Å²) in [7, 11) is 3.94. The monoisotopic (exact) mass is 391 g/mol. The first-order valence-corrected chi connectivity index (χ1v) is 9.92. The van der Waals surface area contributed by atoms with Crippen molar-refractivity contribution < 1.29 is 9.59 Å². The Bertz CT molecular complexity index is 667. The van der Waals surface area contributed by atoms with Crippen LogP contribution in [-0.4, -0.2) is 49.2 Å². The standard InChI is InChI=1S/C21H37N5O2/c1-9-15(3)26(20(28)22-10-2)14-16-13-17(11-12-18(16)25(7)8)23-19(27)24-21(4,5)6/h11-13,15H,9-10,14H2,1-8H3,(H,22,28)(H2,23,24,27). The summed E-state index contributed by atoms with van der Waals surface area (Å²) in [6.07, 6.45) is 0.861. The first-order chi connectivity index (χ1) is 13.0. The fourth-order valence-corrected chi connectivity index (χ4v) is 2.81. The zero-order valence-corrected chi connectivity index (χ0v) is 18.6. The highest BCUT2D eigenvalue weighted by atomic mass is 16.2. The van der Waals surface area contributed by atoms with Gasteiger partial charge in [-0.05, 0) is 64.8 Å². The maximum Gasteiger partial charge on any atom is 0.319 e. The lowest BCUT2D eigenvalue weighted by Crippen LogP contribution is -2.44. The molecule has 1 unspecified atom stereocenters. The van der Waals surface area contributed by atoms with Gasteiger partial charge in [0.1, 0.15) is 0 Å². The van der Waals surface area contributed by atoms with E-state index >= 15 is 0 Å². The summed E-state index contributed by atoms with van der Waals surface area (Å²) in [5.74, 6) is 0. The number of urea groups is 2. The van der Waals surface area contributed by atoms with E-state index in [-0.39, 0.29) is 23.6 Å². The van der Waals surface area contributed by atoms with E-state index in [0.717, 1.165) is 17.7 Å². The number of nitrogens with one attached hydrogen (secondary N) is 3. The molecule has 0 fully saturated rings. The lowest BCUT2D eigenvalue weighted by atomic mass is 10.1. The summed E-state index contributed by atoms with van der Waals surface area (Å²) in [5, 5.41) is 8.68. The van der Waals surface area contributed by atoms with Crippen LogP contribution in [-0.2, 0) is 6.54 Å². The molecule has 4 amide bonds. The maximum absolute atomic E-state index is 12.6. The summed E-state index contributed by atoms with van der Waals surface area (Å²) < 4.78 is 0. The third-order valence-corrected chi connectivity index (χ3v) is 4.36. The van der Waals surface area contributed by atoms with Crippen molar-refractivity contribution in [3.8, 4) is 0 Å².